The minimum Gasteiger partial charge on any atom is -0.347 e. The summed E-state index contributed by atoms with van der Waals surface area (Å²) >= 11 is 0. The summed E-state index contributed by atoms with van der Waals surface area (Å²) in [6.07, 6.45) is -1.26. The van der Waals surface area contributed by atoms with Crippen LogP contribution in [0.25, 0.3) is 10.9 Å². The van der Waals surface area contributed by atoms with Gasteiger partial charge in [0.25, 0.3) is 0 Å². The van der Waals surface area contributed by atoms with Crippen molar-refractivity contribution in [3.8, 4) is 0 Å². The van der Waals surface area contributed by atoms with E-state index in [1.54, 1.807) is 0 Å². The van der Waals surface area contributed by atoms with Crippen molar-refractivity contribution >= 4 is 10.9 Å². The average Bonchev–Trinajstić information content (AvgIpc) is 2.76. The van der Waals surface area contributed by atoms with E-state index in [-0.39, 0.29) is 17.9 Å². The van der Waals surface area contributed by atoms with Gasteiger partial charge in [-0.2, -0.15) is 13.2 Å². The van der Waals surface area contributed by atoms with Crippen molar-refractivity contribution in [2.75, 3.05) is 0 Å². The Morgan fingerprint density at radius 1 is 1.20 bits per heavy atom. The summed E-state index contributed by atoms with van der Waals surface area (Å²) in [5.74, 6) is -0.141. The maximum Gasteiger partial charge on any atom is 0.412 e. The summed E-state index contributed by atoms with van der Waals surface area (Å²) in [6.45, 7) is 0. The number of benzene rings is 1. The van der Waals surface area contributed by atoms with Crippen molar-refractivity contribution in [3.63, 3.8) is 0 Å². The molecule has 1 aliphatic rings. The molecule has 0 bridgehead atoms. The van der Waals surface area contributed by atoms with E-state index in [0.717, 1.165) is 23.0 Å². The molecule has 0 radical (unpaired) electrons. The van der Waals surface area contributed by atoms with Crippen LogP contribution in [0.1, 0.15) is 30.9 Å². The number of aryl methyl sites for hydroxylation is 1. The van der Waals surface area contributed by atoms with Crippen LogP contribution in [-0.2, 0) is 7.05 Å². The van der Waals surface area contributed by atoms with Crippen LogP contribution in [0.15, 0.2) is 42.0 Å². The molecule has 1 nitrogen and oxygen atoms in total. The minimum absolute atomic E-state index is 0.141. The summed E-state index contributed by atoms with van der Waals surface area (Å²) < 4.78 is 40.6. The van der Waals surface area contributed by atoms with E-state index in [4.69, 9.17) is 0 Å². The summed E-state index contributed by atoms with van der Waals surface area (Å²) in [4.78, 5) is 0. The number of para-hydroxylation sites is 1. The lowest BCUT2D eigenvalue weighted by Gasteiger charge is -2.23. The van der Waals surface area contributed by atoms with Gasteiger partial charge < -0.3 is 4.57 Å². The summed E-state index contributed by atoms with van der Waals surface area (Å²) in [6, 6.07) is 9.90. The lowest BCUT2D eigenvalue weighted by Crippen LogP contribution is -2.17. The van der Waals surface area contributed by atoms with Gasteiger partial charge in [-0.05, 0) is 36.8 Å². The molecule has 1 aromatic heterocycles. The van der Waals surface area contributed by atoms with Gasteiger partial charge in [0.2, 0.25) is 0 Å². The van der Waals surface area contributed by atoms with E-state index in [0.29, 0.717) is 6.42 Å². The molecule has 1 unspecified atom stereocenters. The van der Waals surface area contributed by atoms with Crippen molar-refractivity contribution in [2.24, 2.45) is 7.05 Å². The predicted octanol–water partition coefficient (Wildman–Crippen LogP) is 4.93. The van der Waals surface area contributed by atoms with Crippen LogP contribution in [0.2, 0.25) is 0 Å². The number of halogens is 3. The Bertz CT molecular complexity index is 664. The van der Waals surface area contributed by atoms with Crippen LogP contribution < -0.4 is 0 Å². The van der Waals surface area contributed by atoms with Crippen LogP contribution >= 0.6 is 0 Å². The van der Waals surface area contributed by atoms with Crippen LogP contribution in [-0.4, -0.2) is 10.7 Å². The monoisotopic (exact) mass is 279 g/mol. The summed E-state index contributed by atoms with van der Waals surface area (Å²) in [5, 5.41) is 1.08. The maximum atomic E-state index is 12.9. The highest BCUT2D eigenvalue weighted by atomic mass is 19.4. The topological polar surface area (TPSA) is 4.93 Å². The smallest absolute Gasteiger partial charge is 0.347 e. The molecule has 20 heavy (non-hydrogen) atoms. The number of allylic oxidation sites excluding steroid dienone is 2. The third-order valence-electron chi connectivity index (χ3n) is 4.10. The first-order chi connectivity index (χ1) is 9.47. The molecule has 1 aromatic carbocycles. The standard InChI is InChI=1S/C16H16F3N/c1-20-14-8-3-2-5-12(14)10-15(20)11-6-4-7-13(9-11)16(17,18)19/h2-3,5,8-11H,4,6-7H2,1H3. The molecule has 0 saturated carbocycles. The van der Waals surface area contributed by atoms with Gasteiger partial charge in [0.05, 0.1) is 0 Å². The highest BCUT2D eigenvalue weighted by Crippen LogP contribution is 2.39. The van der Waals surface area contributed by atoms with Gasteiger partial charge in [0, 0.05) is 29.7 Å². The number of hydrogen-bond donors (Lipinski definition) is 0. The van der Waals surface area contributed by atoms with Gasteiger partial charge in [-0.3, -0.25) is 0 Å². The van der Waals surface area contributed by atoms with E-state index >= 15 is 0 Å². The van der Waals surface area contributed by atoms with Gasteiger partial charge in [0.15, 0.2) is 0 Å². The predicted molar refractivity (Wildman–Crippen MR) is 73.6 cm³/mol. The third-order valence-corrected chi connectivity index (χ3v) is 4.10. The van der Waals surface area contributed by atoms with Crippen molar-refractivity contribution in [1.82, 2.24) is 4.57 Å². The fourth-order valence-corrected chi connectivity index (χ4v) is 3.06. The first-order valence-electron chi connectivity index (χ1n) is 6.79. The molecular weight excluding hydrogens is 263 g/mol. The van der Waals surface area contributed by atoms with Crippen molar-refractivity contribution in [2.45, 2.75) is 31.4 Å². The first kappa shape index (κ1) is 13.3. The first-order valence-corrected chi connectivity index (χ1v) is 6.79. The van der Waals surface area contributed by atoms with Crippen molar-refractivity contribution in [1.29, 1.82) is 0 Å². The molecule has 0 N–H and O–H groups in total. The van der Waals surface area contributed by atoms with Gasteiger partial charge in [-0.15, -0.1) is 0 Å². The molecule has 1 atom stereocenters. The Balaban J connectivity index is 2.05. The second-order valence-electron chi connectivity index (χ2n) is 5.38. The molecule has 0 fully saturated rings. The molecule has 0 aliphatic heterocycles. The van der Waals surface area contributed by atoms with Crippen molar-refractivity contribution < 1.29 is 13.2 Å². The van der Waals surface area contributed by atoms with E-state index in [9.17, 15) is 13.2 Å². The molecule has 2 aromatic rings. The zero-order valence-electron chi connectivity index (χ0n) is 11.2. The zero-order valence-corrected chi connectivity index (χ0v) is 11.2. The van der Waals surface area contributed by atoms with Gasteiger partial charge in [-0.25, -0.2) is 0 Å². The van der Waals surface area contributed by atoms with Crippen molar-refractivity contribution in [3.05, 3.63) is 47.7 Å². The highest BCUT2D eigenvalue weighted by molar-refractivity contribution is 5.81. The summed E-state index contributed by atoms with van der Waals surface area (Å²) in [5.41, 5.74) is 1.65. The lowest BCUT2D eigenvalue weighted by molar-refractivity contribution is -0.0952. The number of hydrogen-bond acceptors (Lipinski definition) is 0. The second-order valence-corrected chi connectivity index (χ2v) is 5.38. The van der Waals surface area contributed by atoms with Gasteiger partial charge in [0.1, 0.15) is 0 Å². The Hall–Kier alpha value is -1.71. The number of fused-ring (bicyclic) bond motifs is 1. The molecule has 0 amide bonds. The van der Waals surface area contributed by atoms with Gasteiger partial charge in [-0.1, -0.05) is 24.3 Å². The molecule has 1 aliphatic carbocycles. The van der Waals surface area contributed by atoms with E-state index in [1.165, 1.54) is 6.08 Å². The second kappa shape index (κ2) is 4.69. The molecule has 1 heterocycles. The SMILES string of the molecule is Cn1c(C2C=C(C(F)(F)F)CCC2)cc2ccccc21. The van der Waals surface area contributed by atoms with E-state index < -0.39 is 6.18 Å². The fourth-order valence-electron chi connectivity index (χ4n) is 3.06. The number of aromatic nitrogens is 1. The van der Waals surface area contributed by atoms with Crippen LogP contribution in [0.5, 0.6) is 0 Å². The van der Waals surface area contributed by atoms with Crippen LogP contribution in [0.3, 0.4) is 0 Å². The molecule has 0 saturated heterocycles. The molecule has 0 spiro atoms. The lowest BCUT2D eigenvalue weighted by atomic mass is 9.88. The Kier molecular flexibility index (Phi) is 3.11. The summed E-state index contributed by atoms with van der Waals surface area (Å²) in [7, 11) is 1.92. The number of nitrogens with zero attached hydrogens (tertiary/aromatic N) is 1. The highest BCUT2D eigenvalue weighted by Gasteiger charge is 2.35. The maximum absolute atomic E-state index is 12.9. The van der Waals surface area contributed by atoms with Crippen LogP contribution in [0, 0.1) is 0 Å². The Morgan fingerprint density at radius 2 is 1.95 bits per heavy atom. The van der Waals surface area contributed by atoms with E-state index in [1.807, 2.05) is 41.9 Å². The van der Waals surface area contributed by atoms with Gasteiger partial charge >= 0.3 is 6.18 Å². The number of alkyl halides is 3. The molecular formula is C16H16F3N. The molecule has 106 valence electrons. The van der Waals surface area contributed by atoms with E-state index in [2.05, 4.69) is 0 Å². The normalized spacial score (nSPS) is 20.2. The largest absolute Gasteiger partial charge is 0.412 e. The molecule has 3 rings (SSSR count). The average molecular weight is 279 g/mol. The number of rotatable bonds is 1. The molecule has 4 heteroatoms. The quantitative estimate of drug-likeness (QED) is 0.652. The Labute approximate surface area is 115 Å². The third kappa shape index (κ3) is 2.23. The minimum atomic E-state index is -4.19. The zero-order chi connectivity index (χ0) is 14.3. The van der Waals surface area contributed by atoms with Crippen LogP contribution in [0.4, 0.5) is 13.2 Å². The fraction of sp³-hybridized carbons (Fsp3) is 0.375. The Morgan fingerprint density at radius 3 is 2.65 bits per heavy atom.